The summed E-state index contributed by atoms with van der Waals surface area (Å²) in [5.41, 5.74) is 5.31. The number of aromatic nitrogens is 2. The Labute approximate surface area is 210 Å². The fourth-order valence-corrected chi connectivity index (χ4v) is 5.78. The minimum atomic E-state index is -0.706. The van der Waals surface area contributed by atoms with Crippen LogP contribution in [0.15, 0.2) is 42.5 Å². The molecule has 36 heavy (non-hydrogen) atoms. The van der Waals surface area contributed by atoms with Crippen LogP contribution in [0.2, 0.25) is 0 Å². The second kappa shape index (κ2) is 10.3. The van der Waals surface area contributed by atoms with E-state index in [0.29, 0.717) is 32.5 Å². The third-order valence-corrected chi connectivity index (χ3v) is 7.83. The number of amides is 1. The number of ether oxygens (including phenoxy) is 2. The minimum Gasteiger partial charge on any atom is -0.481 e. The average Bonchev–Trinajstić information content (AvgIpc) is 3.30. The standard InChI is InChI=1S/C28H33N3O5/c1-35-24(19-6-4-3-5-7-19)17-31-23-13-12-18-14-15-30(28(34)36-2)16-22(18)25(23)29-26(31)20-8-10-21(11-9-20)27(32)33/h3-7,12-13,20-21,24H,8-11,14-17H2,1-2H3,(H,32,33)/t20-,21-,24-/m1/s1. The highest BCUT2D eigenvalue weighted by atomic mass is 16.5. The second-order valence-electron chi connectivity index (χ2n) is 9.81. The van der Waals surface area contributed by atoms with Crippen LogP contribution in [0, 0.1) is 5.92 Å². The molecule has 0 unspecified atom stereocenters. The predicted octanol–water partition coefficient (Wildman–Crippen LogP) is 4.91. The average molecular weight is 492 g/mol. The van der Waals surface area contributed by atoms with Crippen molar-refractivity contribution >= 4 is 23.1 Å². The molecule has 8 heteroatoms. The summed E-state index contributed by atoms with van der Waals surface area (Å²) < 4.78 is 13.2. The first-order valence-corrected chi connectivity index (χ1v) is 12.6. The molecule has 2 aromatic carbocycles. The van der Waals surface area contributed by atoms with E-state index in [1.807, 2.05) is 18.2 Å². The first kappa shape index (κ1) is 24.3. The van der Waals surface area contributed by atoms with Crippen molar-refractivity contribution in [1.29, 1.82) is 0 Å². The second-order valence-corrected chi connectivity index (χ2v) is 9.81. The van der Waals surface area contributed by atoms with Crippen molar-refractivity contribution in [3.05, 3.63) is 65.0 Å². The Morgan fingerprint density at radius 1 is 1.08 bits per heavy atom. The molecule has 1 aromatic heterocycles. The summed E-state index contributed by atoms with van der Waals surface area (Å²) in [6.45, 7) is 1.69. The van der Waals surface area contributed by atoms with Crippen LogP contribution in [0.5, 0.6) is 0 Å². The van der Waals surface area contributed by atoms with Crippen molar-refractivity contribution in [1.82, 2.24) is 14.5 Å². The van der Waals surface area contributed by atoms with Gasteiger partial charge in [0.2, 0.25) is 0 Å². The number of imidazole rings is 1. The van der Waals surface area contributed by atoms with Gasteiger partial charge in [-0.3, -0.25) is 4.79 Å². The summed E-state index contributed by atoms with van der Waals surface area (Å²) >= 11 is 0. The molecule has 2 aliphatic rings. The summed E-state index contributed by atoms with van der Waals surface area (Å²) in [4.78, 5) is 30.7. The molecule has 1 saturated carbocycles. The Morgan fingerprint density at radius 2 is 1.83 bits per heavy atom. The van der Waals surface area contributed by atoms with Crippen LogP contribution >= 0.6 is 0 Å². The van der Waals surface area contributed by atoms with Gasteiger partial charge < -0.3 is 24.0 Å². The van der Waals surface area contributed by atoms with E-state index < -0.39 is 5.97 Å². The minimum absolute atomic E-state index is 0.152. The molecule has 0 spiro atoms. The molecule has 1 amide bonds. The number of carbonyl (C=O) groups excluding carboxylic acids is 1. The number of nitrogens with zero attached hydrogens (tertiary/aromatic N) is 3. The lowest BCUT2D eigenvalue weighted by atomic mass is 9.81. The van der Waals surface area contributed by atoms with Gasteiger partial charge in [-0.15, -0.1) is 0 Å². The van der Waals surface area contributed by atoms with Crippen LogP contribution in [-0.2, 0) is 33.8 Å². The number of benzene rings is 2. The van der Waals surface area contributed by atoms with Crippen molar-refractivity contribution < 1.29 is 24.2 Å². The summed E-state index contributed by atoms with van der Waals surface area (Å²) in [5, 5.41) is 9.48. The molecular weight excluding hydrogens is 458 g/mol. The quantitative estimate of drug-likeness (QED) is 0.527. The molecule has 1 fully saturated rings. The Morgan fingerprint density at radius 3 is 2.50 bits per heavy atom. The van der Waals surface area contributed by atoms with E-state index in [0.717, 1.165) is 47.2 Å². The van der Waals surface area contributed by atoms with Gasteiger partial charge in [-0.05, 0) is 49.3 Å². The lowest BCUT2D eigenvalue weighted by Crippen LogP contribution is -2.35. The molecule has 3 aromatic rings. The van der Waals surface area contributed by atoms with Crippen LogP contribution in [0.3, 0.4) is 0 Å². The fourth-order valence-electron chi connectivity index (χ4n) is 5.78. The summed E-state index contributed by atoms with van der Waals surface area (Å²) in [5.74, 6) is 0.173. The van der Waals surface area contributed by atoms with Gasteiger partial charge in [0.05, 0.1) is 37.2 Å². The molecule has 5 rings (SSSR count). The Balaban J connectivity index is 1.57. The number of carboxylic acids is 1. The van der Waals surface area contributed by atoms with Crippen LogP contribution in [0.1, 0.15) is 60.2 Å². The number of methoxy groups -OCH3 is 2. The van der Waals surface area contributed by atoms with Crippen LogP contribution in [-0.4, -0.2) is 52.4 Å². The SMILES string of the molecule is COC(=O)N1CCc2ccc3c(nc([C@H]4CC[C@H](C(=O)O)CC4)n3C[C@@H](OC)c3ccccc3)c2C1. The number of carboxylic acid groups (broad SMARTS) is 1. The molecule has 2 heterocycles. The van der Waals surface area contributed by atoms with Crippen molar-refractivity contribution in [2.45, 2.75) is 57.2 Å². The third kappa shape index (κ3) is 4.57. The monoisotopic (exact) mass is 491 g/mol. The van der Waals surface area contributed by atoms with E-state index in [-0.39, 0.29) is 24.0 Å². The van der Waals surface area contributed by atoms with Crippen molar-refractivity contribution in [3.8, 4) is 0 Å². The molecule has 1 aliphatic carbocycles. The van der Waals surface area contributed by atoms with Crippen LogP contribution in [0.4, 0.5) is 4.79 Å². The Kier molecular flexibility index (Phi) is 6.96. The lowest BCUT2D eigenvalue weighted by molar-refractivity contribution is -0.142. The van der Waals surface area contributed by atoms with Crippen LogP contribution < -0.4 is 0 Å². The number of fused-ring (bicyclic) bond motifs is 3. The maximum atomic E-state index is 12.3. The van der Waals surface area contributed by atoms with Gasteiger partial charge in [0.25, 0.3) is 0 Å². The molecule has 0 bridgehead atoms. The smallest absolute Gasteiger partial charge is 0.409 e. The number of hydrogen-bond acceptors (Lipinski definition) is 5. The zero-order valence-corrected chi connectivity index (χ0v) is 20.9. The molecule has 0 radical (unpaired) electrons. The zero-order valence-electron chi connectivity index (χ0n) is 20.9. The Bertz CT molecular complexity index is 1250. The van der Waals surface area contributed by atoms with Crippen molar-refractivity contribution in [3.63, 3.8) is 0 Å². The highest BCUT2D eigenvalue weighted by Gasteiger charge is 2.32. The van der Waals surface area contributed by atoms with E-state index in [2.05, 4.69) is 28.8 Å². The number of carbonyl (C=O) groups is 2. The predicted molar refractivity (Wildman–Crippen MR) is 135 cm³/mol. The van der Waals surface area contributed by atoms with Gasteiger partial charge >= 0.3 is 12.1 Å². The lowest BCUT2D eigenvalue weighted by Gasteiger charge is -2.28. The fraction of sp³-hybridized carbons (Fsp3) is 0.464. The topological polar surface area (TPSA) is 93.9 Å². The molecule has 1 aliphatic heterocycles. The normalized spacial score (nSPS) is 20.7. The van der Waals surface area contributed by atoms with Gasteiger partial charge in [-0.1, -0.05) is 36.4 Å². The largest absolute Gasteiger partial charge is 0.481 e. The van der Waals surface area contributed by atoms with E-state index in [9.17, 15) is 14.7 Å². The highest BCUT2D eigenvalue weighted by Crippen LogP contribution is 2.39. The number of aliphatic carboxylic acids is 1. The van der Waals surface area contributed by atoms with E-state index >= 15 is 0 Å². The van der Waals surface area contributed by atoms with E-state index in [4.69, 9.17) is 14.5 Å². The first-order chi connectivity index (χ1) is 17.5. The van der Waals surface area contributed by atoms with Crippen molar-refractivity contribution in [2.75, 3.05) is 20.8 Å². The van der Waals surface area contributed by atoms with Gasteiger partial charge in [0.1, 0.15) is 11.9 Å². The first-order valence-electron chi connectivity index (χ1n) is 12.6. The molecule has 190 valence electrons. The molecule has 1 atom stereocenters. The maximum absolute atomic E-state index is 12.3. The van der Waals surface area contributed by atoms with E-state index in [1.165, 1.54) is 12.7 Å². The van der Waals surface area contributed by atoms with E-state index in [1.54, 1.807) is 12.0 Å². The molecule has 8 nitrogen and oxygen atoms in total. The molecule has 1 N–H and O–H groups in total. The van der Waals surface area contributed by atoms with Gasteiger partial charge in [0, 0.05) is 25.1 Å². The van der Waals surface area contributed by atoms with Gasteiger partial charge in [-0.2, -0.15) is 0 Å². The third-order valence-electron chi connectivity index (χ3n) is 7.83. The van der Waals surface area contributed by atoms with Gasteiger partial charge in [0.15, 0.2) is 0 Å². The summed E-state index contributed by atoms with van der Waals surface area (Å²) in [7, 11) is 3.14. The van der Waals surface area contributed by atoms with Gasteiger partial charge in [-0.25, -0.2) is 9.78 Å². The van der Waals surface area contributed by atoms with Crippen LogP contribution in [0.25, 0.3) is 11.0 Å². The van der Waals surface area contributed by atoms with Crippen molar-refractivity contribution in [2.24, 2.45) is 5.92 Å². The molecular formula is C28H33N3O5. The highest BCUT2D eigenvalue weighted by molar-refractivity contribution is 5.82. The number of rotatable bonds is 6. The maximum Gasteiger partial charge on any atom is 0.409 e. The number of hydrogen-bond donors (Lipinski definition) is 1. The summed E-state index contributed by atoms with van der Waals surface area (Å²) in [6, 6.07) is 14.5. The molecule has 0 saturated heterocycles. The zero-order chi connectivity index (χ0) is 25.2. The Hall–Kier alpha value is -3.39. The summed E-state index contributed by atoms with van der Waals surface area (Å²) in [6.07, 6.45) is 3.18.